The number of hydrogen-bond acceptors (Lipinski definition) is 3. The minimum absolute atomic E-state index is 0.259. The van der Waals surface area contributed by atoms with Gasteiger partial charge in [0.25, 0.3) is 11.8 Å². The van der Waals surface area contributed by atoms with Gasteiger partial charge >= 0.3 is 0 Å². The molecule has 41 heavy (non-hydrogen) atoms. The van der Waals surface area contributed by atoms with Gasteiger partial charge in [-0.1, -0.05) is 103 Å². The van der Waals surface area contributed by atoms with Gasteiger partial charge in [-0.05, 0) is 53.1 Å². The van der Waals surface area contributed by atoms with E-state index in [9.17, 15) is 14.4 Å². The van der Waals surface area contributed by atoms with Gasteiger partial charge in [-0.25, -0.2) is 0 Å². The fourth-order valence-corrected chi connectivity index (χ4v) is 4.48. The molecule has 0 saturated heterocycles. The fraction of sp³-hybridized carbons (Fsp3) is 0.0571. The van der Waals surface area contributed by atoms with Gasteiger partial charge in [0.05, 0.1) is 11.3 Å². The number of nitrogens with one attached hydrogen (secondary N) is 3. The lowest BCUT2D eigenvalue weighted by molar-refractivity contribution is -0.118. The molecule has 0 heterocycles. The summed E-state index contributed by atoms with van der Waals surface area (Å²) >= 11 is 0. The zero-order valence-corrected chi connectivity index (χ0v) is 22.3. The van der Waals surface area contributed by atoms with Crippen LogP contribution in [0.25, 0.3) is 11.1 Å². The maximum absolute atomic E-state index is 13.5. The van der Waals surface area contributed by atoms with Gasteiger partial charge in [0, 0.05) is 17.7 Å². The summed E-state index contributed by atoms with van der Waals surface area (Å²) in [6.07, 6.45) is 0.291. The average Bonchev–Trinajstić information content (AvgIpc) is 3.02. The van der Waals surface area contributed by atoms with Gasteiger partial charge in [0.1, 0.15) is 6.04 Å². The molecule has 0 radical (unpaired) electrons. The minimum Gasteiger partial charge on any atom is -0.340 e. The van der Waals surface area contributed by atoms with Gasteiger partial charge in [-0.15, -0.1) is 0 Å². The zero-order valence-electron chi connectivity index (χ0n) is 22.3. The lowest BCUT2D eigenvalue weighted by Gasteiger charge is -2.20. The van der Waals surface area contributed by atoms with Crippen molar-refractivity contribution in [2.75, 3.05) is 10.6 Å². The van der Waals surface area contributed by atoms with Crippen molar-refractivity contribution in [3.63, 3.8) is 0 Å². The van der Waals surface area contributed by atoms with Crippen molar-refractivity contribution in [2.24, 2.45) is 0 Å². The second kappa shape index (κ2) is 13.0. The quantitative estimate of drug-likeness (QED) is 0.198. The Hall–Kier alpha value is -5.49. The van der Waals surface area contributed by atoms with Crippen molar-refractivity contribution in [2.45, 2.75) is 12.5 Å². The van der Waals surface area contributed by atoms with Crippen LogP contribution in [-0.4, -0.2) is 23.8 Å². The molecule has 0 aliphatic carbocycles. The van der Waals surface area contributed by atoms with Gasteiger partial charge < -0.3 is 16.0 Å². The monoisotopic (exact) mass is 539 g/mol. The van der Waals surface area contributed by atoms with E-state index < -0.39 is 11.9 Å². The van der Waals surface area contributed by atoms with Crippen molar-refractivity contribution in [3.05, 3.63) is 156 Å². The Labute approximate surface area is 239 Å². The average molecular weight is 540 g/mol. The van der Waals surface area contributed by atoms with Crippen LogP contribution < -0.4 is 16.0 Å². The molecular weight excluding hydrogens is 510 g/mol. The predicted molar refractivity (Wildman–Crippen MR) is 163 cm³/mol. The van der Waals surface area contributed by atoms with E-state index >= 15 is 0 Å². The summed E-state index contributed by atoms with van der Waals surface area (Å²) < 4.78 is 0. The van der Waals surface area contributed by atoms with Crippen molar-refractivity contribution in [3.8, 4) is 11.1 Å². The summed E-state index contributed by atoms with van der Waals surface area (Å²) in [5.41, 5.74) is 4.73. The highest BCUT2D eigenvalue weighted by Gasteiger charge is 2.24. The van der Waals surface area contributed by atoms with E-state index in [0.29, 0.717) is 23.4 Å². The molecule has 6 heteroatoms. The SMILES string of the molecule is O=C(Nc1ccccc1C(=O)NC(Cc1ccccc1)C(=O)Nc1ccc(-c2ccccc2)cc1)c1ccccc1. The van der Waals surface area contributed by atoms with Gasteiger partial charge in [-0.3, -0.25) is 14.4 Å². The van der Waals surface area contributed by atoms with Crippen LogP contribution in [0.15, 0.2) is 140 Å². The third-order valence-electron chi connectivity index (χ3n) is 6.62. The highest BCUT2D eigenvalue weighted by molar-refractivity contribution is 6.10. The van der Waals surface area contributed by atoms with E-state index in [0.717, 1.165) is 16.7 Å². The van der Waals surface area contributed by atoms with E-state index in [1.165, 1.54) is 0 Å². The van der Waals surface area contributed by atoms with Crippen LogP contribution in [0.5, 0.6) is 0 Å². The summed E-state index contributed by atoms with van der Waals surface area (Å²) in [5, 5.41) is 8.65. The van der Waals surface area contributed by atoms with Crippen LogP contribution in [0, 0.1) is 0 Å². The number of benzene rings is 5. The Morgan fingerprint density at radius 2 is 1.10 bits per heavy atom. The molecule has 1 unspecified atom stereocenters. The van der Waals surface area contributed by atoms with Crippen molar-refractivity contribution in [1.82, 2.24) is 5.32 Å². The van der Waals surface area contributed by atoms with Crippen molar-refractivity contribution in [1.29, 1.82) is 0 Å². The second-order valence-electron chi connectivity index (χ2n) is 9.51. The Morgan fingerprint density at radius 1 is 0.537 bits per heavy atom. The largest absolute Gasteiger partial charge is 0.340 e. The van der Waals surface area contributed by atoms with Crippen molar-refractivity contribution >= 4 is 29.1 Å². The third kappa shape index (κ3) is 7.13. The highest BCUT2D eigenvalue weighted by Crippen LogP contribution is 2.22. The molecule has 5 aromatic rings. The molecule has 0 aliphatic heterocycles. The number of para-hydroxylation sites is 1. The van der Waals surface area contributed by atoms with Gasteiger partial charge in [-0.2, -0.15) is 0 Å². The lowest BCUT2D eigenvalue weighted by atomic mass is 10.0. The van der Waals surface area contributed by atoms with Crippen LogP contribution >= 0.6 is 0 Å². The van der Waals surface area contributed by atoms with E-state index in [-0.39, 0.29) is 17.4 Å². The first kappa shape index (κ1) is 27.1. The van der Waals surface area contributed by atoms with Gasteiger partial charge in [0.15, 0.2) is 0 Å². The maximum atomic E-state index is 13.5. The highest BCUT2D eigenvalue weighted by atomic mass is 16.2. The topological polar surface area (TPSA) is 87.3 Å². The summed E-state index contributed by atoms with van der Waals surface area (Å²) in [4.78, 5) is 39.8. The van der Waals surface area contributed by atoms with Crippen LogP contribution in [0.2, 0.25) is 0 Å². The number of amides is 3. The Bertz CT molecular complexity index is 1620. The molecule has 0 aromatic heterocycles. The number of carbonyl (C=O) groups excluding carboxylic acids is 3. The minimum atomic E-state index is -0.864. The summed E-state index contributed by atoms with van der Waals surface area (Å²) in [6, 6.07) is 41.7. The van der Waals surface area contributed by atoms with Crippen molar-refractivity contribution < 1.29 is 14.4 Å². The molecule has 3 N–H and O–H groups in total. The van der Waals surface area contributed by atoms with Crippen LogP contribution in [0.1, 0.15) is 26.3 Å². The predicted octanol–water partition coefficient (Wildman–Crippen LogP) is 6.59. The van der Waals surface area contributed by atoms with Gasteiger partial charge in [0.2, 0.25) is 5.91 Å². The van der Waals surface area contributed by atoms with Crippen LogP contribution in [0.4, 0.5) is 11.4 Å². The Balaban J connectivity index is 1.34. The molecule has 0 spiro atoms. The first-order chi connectivity index (χ1) is 20.1. The van der Waals surface area contributed by atoms with E-state index in [2.05, 4.69) is 16.0 Å². The number of carbonyl (C=O) groups is 3. The normalized spacial score (nSPS) is 11.2. The van der Waals surface area contributed by atoms with Crippen LogP contribution in [-0.2, 0) is 11.2 Å². The molecule has 6 nitrogen and oxygen atoms in total. The summed E-state index contributed by atoms with van der Waals surface area (Å²) in [7, 11) is 0. The molecule has 5 aromatic carbocycles. The number of rotatable bonds is 9. The van der Waals surface area contributed by atoms with E-state index in [1.807, 2.05) is 91.0 Å². The standard InChI is InChI=1S/C35H29N3O3/c39-33(28-16-8-3-9-17-28)37-31-19-11-10-18-30(31)34(40)38-32(24-25-12-4-1-5-13-25)35(41)36-29-22-20-27(21-23-29)26-14-6-2-7-15-26/h1-23,32H,24H2,(H,36,41)(H,37,39)(H,38,40). The molecule has 3 amide bonds. The molecule has 0 fully saturated rings. The van der Waals surface area contributed by atoms with Crippen LogP contribution in [0.3, 0.4) is 0 Å². The first-order valence-electron chi connectivity index (χ1n) is 13.3. The zero-order chi connectivity index (χ0) is 28.4. The molecule has 1 atom stereocenters. The summed E-state index contributed by atoms with van der Waals surface area (Å²) in [6.45, 7) is 0. The third-order valence-corrected chi connectivity index (χ3v) is 6.62. The second-order valence-corrected chi connectivity index (χ2v) is 9.51. The Kier molecular flexibility index (Phi) is 8.62. The van der Waals surface area contributed by atoms with E-state index in [4.69, 9.17) is 0 Å². The number of anilines is 2. The molecular formula is C35H29N3O3. The Morgan fingerprint density at radius 3 is 1.78 bits per heavy atom. The molecule has 0 bridgehead atoms. The first-order valence-corrected chi connectivity index (χ1v) is 13.3. The molecule has 202 valence electrons. The molecule has 0 saturated carbocycles. The molecule has 0 aliphatic rings. The summed E-state index contributed by atoms with van der Waals surface area (Å²) in [5.74, 6) is -1.15. The number of hydrogen-bond donors (Lipinski definition) is 3. The lowest BCUT2D eigenvalue weighted by Crippen LogP contribution is -2.45. The molecule has 5 rings (SSSR count). The van der Waals surface area contributed by atoms with E-state index in [1.54, 1.807) is 48.5 Å². The smallest absolute Gasteiger partial charge is 0.255 e. The fourth-order valence-electron chi connectivity index (χ4n) is 4.48. The maximum Gasteiger partial charge on any atom is 0.255 e.